The number of nitrogens with zero attached hydrogens (tertiary/aromatic N) is 3. The molecule has 194 valence electrons. The topological polar surface area (TPSA) is 93.8 Å². The molecule has 0 saturated carbocycles. The molecule has 2 aromatic carbocycles. The van der Waals surface area contributed by atoms with Gasteiger partial charge in [0.2, 0.25) is 0 Å². The molecule has 3 aromatic rings. The maximum absolute atomic E-state index is 14.7. The third-order valence-corrected chi connectivity index (χ3v) is 6.06. The number of hydrazone groups is 1. The van der Waals surface area contributed by atoms with Crippen molar-refractivity contribution in [3.8, 4) is 11.5 Å². The van der Waals surface area contributed by atoms with Gasteiger partial charge in [0.25, 0.3) is 11.8 Å². The number of carbonyl (C=O) groups excluding carboxylic acids is 2. The van der Waals surface area contributed by atoms with Gasteiger partial charge in [0.05, 0.1) is 38.8 Å². The second-order valence-corrected chi connectivity index (χ2v) is 8.29. The highest BCUT2D eigenvalue weighted by molar-refractivity contribution is 6.04. The Morgan fingerprint density at radius 1 is 1.11 bits per heavy atom. The first-order valence-electron chi connectivity index (χ1n) is 11.6. The fourth-order valence-corrected chi connectivity index (χ4v) is 4.19. The van der Waals surface area contributed by atoms with Gasteiger partial charge in [0, 0.05) is 31.2 Å². The van der Waals surface area contributed by atoms with E-state index in [4.69, 9.17) is 18.6 Å². The summed E-state index contributed by atoms with van der Waals surface area (Å²) in [7, 11) is 4.58. The molecule has 0 N–H and O–H groups in total. The molecule has 0 saturated heterocycles. The Labute approximate surface area is 214 Å². The molecule has 2 heterocycles. The average Bonchev–Trinajstić information content (AvgIpc) is 3.61. The van der Waals surface area contributed by atoms with E-state index in [1.54, 1.807) is 49.6 Å². The zero-order valence-electron chi connectivity index (χ0n) is 20.8. The number of methoxy groups -OCH3 is 3. The molecule has 4 rings (SSSR count). The molecule has 0 spiro atoms. The molecule has 1 aliphatic heterocycles. The van der Waals surface area contributed by atoms with E-state index in [1.807, 2.05) is 0 Å². The van der Waals surface area contributed by atoms with Gasteiger partial charge in [-0.25, -0.2) is 9.40 Å². The molecule has 9 nitrogen and oxygen atoms in total. The van der Waals surface area contributed by atoms with Crippen LogP contribution in [-0.2, 0) is 9.53 Å². The average molecular weight is 510 g/mol. The number of amides is 2. The van der Waals surface area contributed by atoms with Gasteiger partial charge < -0.3 is 23.5 Å². The van der Waals surface area contributed by atoms with Crippen molar-refractivity contribution in [2.45, 2.75) is 12.5 Å². The molecule has 10 heteroatoms. The largest absolute Gasteiger partial charge is 0.497 e. The van der Waals surface area contributed by atoms with Crippen LogP contribution in [0.1, 0.15) is 34.1 Å². The Kier molecular flexibility index (Phi) is 8.19. The molecule has 0 radical (unpaired) electrons. The highest BCUT2D eigenvalue weighted by atomic mass is 19.1. The maximum atomic E-state index is 14.7. The van der Waals surface area contributed by atoms with E-state index in [9.17, 15) is 14.0 Å². The summed E-state index contributed by atoms with van der Waals surface area (Å²) >= 11 is 0. The monoisotopic (exact) mass is 509 g/mol. The summed E-state index contributed by atoms with van der Waals surface area (Å²) < 4.78 is 36.0. The van der Waals surface area contributed by atoms with Crippen LogP contribution >= 0.6 is 0 Å². The second kappa shape index (κ2) is 11.7. The summed E-state index contributed by atoms with van der Waals surface area (Å²) in [5, 5.41) is 5.82. The van der Waals surface area contributed by atoms with E-state index in [1.165, 1.54) is 42.5 Å². The first kappa shape index (κ1) is 25.9. The van der Waals surface area contributed by atoms with Crippen LogP contribution in [0.4, 0.5) is 4.39 Å². The molecule has 0 fully saturated rings. The number of hydrogen-bond acceptors (Lipinski definition) is 7. The van der Waals surface area contributed by atoms with E-state index < -0.39 is 23.7 Å². The summed E-state index contributed by atoms with van der Waals surface area (Å²) in [5.74, 6) is -0.164. The van der Waals surface area contributed by atoms with E-state index in [-0.39, 0.29) is 31.9 Å². The van der Waals surface area contributed by atoms with Gasteiger partial charge in [0.15, 0.2) is 5.76 Å². The van der Waals surface area contributed by atoms with Crippen molar-refractivity contribution >= 4 is 17.5 Å². The Morgan fingerprint density at radius 2 is 1.92 bits per heavy atom. The number of benzene rings is 2. The number of hydrogen-bond donors (Lipinski definition) is 0. The summed E-state index contributed by atoms with van der Waals surface area (Å²) in [4.78, 5) is 28.0. The molecular weight excluding hydrogens is 481 g/mol. The fourth-order valence-electron chi connectivity index (χ4n) is 4.19. The minimum absolute atomic E-state index is 0.104. The predicted molar refractivity (Wildman–Crippen MR) is 133 cm³/mol. The van der Waals surface area contributed by atoms with Gasteiger partial charge in [0.1, 0.15) is 23.9 Å². The molecule has 1 atom stereocenters. The van der Waals surface area contributed by atoms with Crippen LogP contribution in [0.15, 0.2) is 70.4 Å². The van der Waals surface area contributed by atoms with Gasteiger partial charge in [-0.2, -0.15) is 5.10 Å². The van der Waals surface area contributed by atoms with Crippen molar-refractivity contribution in [1.29, 1.82) is 0 Å². The first-order chi connectivity index (χ1) is 18.0. The predicted octanol–water partition coefficient (Wildman–Crippen LogP) is 3.90. The van der Waals surface area contributed by atoms with Crippen LogP contribution < -0.4 is 9.47 Å². The van der Waals surface area contributed by atoms with Crippen molar-refractivity contribution in [2.24, 2.45) is 5.10 Å². The van der Waals surface area contributed by atoms with Crippen molar-refractivity contribution in [3.05, 3.63) is 83.6 Å². The van der Waals surface area contributed by atoms with Crippen LogP contribution in [0.3, 0.4) is 0 Å². The first-order valence-corrected chi connectivity index (χ1v) is 11.6. The summed E-state index contributed by atoms with van der Waals surface area (Å²) in [6, 6.07) is 14.0. The highest BCUT2D eigenvalue weighted by Crippen LogP contribution is 2.39. The third-order valence-electron chi connectivity index (χ3n) is 6.06. The Balaban J connectivity index is 1.70. The number of furan rings is 1. The smallest absolute Gasteiger partial charge is 0.290 e. The standard InChI is InChI=1S/C27H28FN3O6/c1-34-14-12-30(27(33)25-9-6-13-37-25)17-26(32)31-23(20-15-18(35-2)10-11-24(20)36-3)16-22(29-31)19-7-4-5-8-21(19)28/h4-11,13,15,23H,12,14,16-17H2,1-3H3. The van der Waals surface area contributed by atoms with Gasteiger partial charge in [-0.15, -0.1) is 0 Å². The lowest BCUT2D eigenvalue weighted by atomic mass is 9.97. The summed E-state index contributed by atoms with van der Waals surface area (Å²) in [6.45, 7) is 0.0863. The van der Waals surface area contributed by atoms with Crippen molar-refractivity contribution in [3.63, 3.8) is 0 Å². The summed E-state index contributed by atoms with van der Waals surface area (Å²) in [5.41, 5.74) is 1.35. The molecule has 1 aromatic heterocycles. The van der Waals surface area contributed by atoms with E-state index in [0.717, 1.165) is 0 Å². The summed E-state index contributed by atoms with van der Waals surface area (Å²) in [6.07, 6.45) is 1.63. The number of carbonyl (C=O) groups is 2. The van der Waals surface area contributed by atoms with Gasteiger partial charge in [-0.1, -0.05) is 18.2 Å². The van der Waals surface area contributed by atoms with E-state index in [2.05, 4.69) is 5.10 Å². The number of rotatable bonds is 10. The lowest BCUT2D eigenvalue weighted by Gasteiger charge is -2.27. The van der Waals surface area contributed by atoms with Crippen molar-refractivity contribution in [1.82, 2.24) is 9.91 Å². The van der Waals surface area contributed by atoms with Crippen molar-refractivity contribution < 1.29 is 32.6 Å². The minimum atomic E-state index is -0.616. The van der Waals surface area contributed by atoms with Gasteiger partial charge in [-0.05, 0) is 36.4 Å². The zero-order valence-corrected chi connectivity index (χ0v) is 20.8. The van der Waals surface area contributed by atoms with Crippen molar-refractivity contribution in [2.75, 3.05) is 41.0 Å². The quantitative estimate of drug-likeness (QED) is 0.412. The highest BCUT2D eigenvalue weighted by Gasteiger charge is 2.37. The lowest BCUT2D eigenvalue weighted by molar-refractivity contribution is -0.133. The SMILES string of the molecule is COCCN(CC(=O)N1N=C(c2ccccc2F)CC1c1cc(OC)ccc1OC)C(=O)c1ccco1. The van der Waals surface area contributed by atoms with E-state index in [0.29, 0.717) is 28.3 Å². The fraction of sp³-hybridized carbons (Fsp3) is 0.296. The number of ether oxygens (including phenoxy) is 3. The van der Waals surface area contributed by atoms with Gasteiger partial charge in [-0.3, -0.25) is 9.59 Å². The molecule has 37 heavy (non-hydrogen) atoms. The second-order valence-electron chi connectivity index (χ2n) is 8.29. The van der Waals surface area contributed by atoms with Crippen LogP contribution in [0.5, 0.6) is 11.5 Å². The van der Waals surface area contributed by atoms with Crippen LogP contribution in [-0.4, -0.2) is 68.5 Å². The molecule has 1 unspecified atom stereocenters. The lowest BCUT2D eigenvalue weighted by Crippen LogP contribution is -2.42. The van der Waals surface area contributed by atoms with E-state index >= 15 is 0 Å². The maximum Gasteiger partial charge on any atom is 0.290 e. The number of halogens is 1. The Morgan fingerprint density at radius 3 is 2.59 bits per heavy atom. The Bertz CT molecular complexity index is 1280. The van der Waals surface area contributed by atoms with Gasteiger partial charge >= 0.3 is 0 Å². The molecular formula is C27H28FN3O6. The molecule has 0 aliphatic carbocycles. The third kappa shape index (κ3) is 5.64. The Hall–Kier alpha value is -4.18. The molecule has 0 bridgehead atoms. The van der Waals surface area contributed by atoms with Crippen LogP contribution in [0, 0.1) is 5.82 Å². The zero-order chi connectivity index (χ0) is 26.4. The van der Waals surface area contributed by atoms with Crippen LogP contribution in [0.2, 0.25) is 0 Å². The molecule has 2 amide bonds. The van der Waals surface area contributed by atoms with Crippen LogP contribution in [0.25, 0.3) is 0 Å². The normalized spacial score (nSPS) is 14.9. The minimum Gasteiger partial charge on any atom is -0.497 e. The molecule has 1 aliphatic rings.